The Hall–Kier alpha value is -1.32. The number of rotatable bonds is 4. The Morgan fingerprint density at radius 2 is 2.29 bits per heavy atom. The van der Waals surface area contributed by atoms with Gasteiger partial charge in [-0.2, -0.15) is 0 Å². The first kappa shape index (κ1) is 9.24. The number of aromatic nitrogens is 2. The molecular weight excluding hydrogens is 176 g/mol. The van der Waals surface area contributed by atoms with Crippen LogP contribution in [0.15, 0.2) is 12.4 Å². The molecule has 0 aliphatic heterocycles. The largest absolute Gasteiger partial charge is 0.373 e. The van der Waals surface area contributed by atoms with Gasteiger partial charge in [-0.25, -0.2) is 9.97 Å². The van der Waals surface area contributed by atoms with Crippen molar-refractivity contribution < 1.29 is 0 Å². The smallest absolute Gasteiger partial charge is 0.133 e. The van der Waals surface area contributed by atoms with Crippen molar-refractivity contribution in [3.05, 3.63) is 12.4 Å². The molecule has 1 aromatic heterocycles. The van der Waals surface area contributed by atoms with Gasteiger partial charge in [0.25, 0.3) is 0 Å². The summed E-state index contributed by atoms with van der Waals surface area (Å²) in [6, 6.07) is 1.97. The van der Waals surface area contributed by atoms with Gasteiger partial charge in [0.05, 0.1) is 0 Å². The van der Waals surface area contributed by atoms with Gasteiger partial charge >= 0.3 is 0 Å². The fourth-order valence-electron chi connectivity index (χ4n) is 1.47. The van der Waals surface area contributed by atoms with Crippen molar-refractivity contribution in [1.82, 2.24) is 9.97 Å². The molecule has 0 spiro atoms. The summed E-state index contributed by atoms with van der Waals surface area (Å²) >= 11 is 0. The van der Waals surface area contributed by atoms with Crippen LogP contribution < -0.4 is 10.2 Å². The number of anilines is 2. The second-order valence-corrected chi connectivity index (χ2v) is 3.84. The second-order valence-electron chi connectivity index (χ2n) is 3.84. The van der Waals surface area contributed by atoms with Gasteiger partial charge < -0.3 is 10.2 Å². The van der Waals surface area contributed by atoms with Crippen LogP contribution in [0.3, 0.4) is 0 Å². The Bertz CT molecular complexity index is 309. The normalized spacial score (nSPS) is 15.3. The van der Waals surface area contributed by atoms with Crippen LogP contribution in [0.1, 0.15) is 12.8 Å². The van der Waals surface area contributed by atoms with Crippen LogP contribution in [0.5, 0.6) is 0 Å². The number of nitrogens with zero attached hydrogens (tertiary/aromatic N) is 3. The van der Waals surface area contributed by atoms with Gasteiger partial charge in [-0.3, -0.25) is 0 Å². The molecule has 76 valence electrons. The topological polar surface area (TPSA) is 41.0 Å². The quantitative estimate of drug-likeness (QED) is 0.782. The number of hydrogen-bond donors (Lipinski definition) is 1. The monoisotopic (exact) mass is 192 g/mol. The van der Waals surface area contributed by atoms with Crippen LogP contribution in [0.2, 0.25) is 0 Å². The predicted molar refractivity (Wildman–Crippen MR) is 57.6 cm³/mol. The molecule has 0 amide bonds. The highest BCUT2D eigenvalue weighted by Gasteiger charge is 2.23. The highest BCUT2D eigenvalue weighted by molar-refractivity contribution is 5.47. The van der Waals surface area contributed by atoms with Crippen LogP contribution >= 0.6 is 0 Å². The van der Waals surface area contributed by atoms with Gasteiger partial charge in [0.2, 0.25) is 0 Å². The average molecular weight is 192 g/mol. The minimum atomic E-state index is 0.873. The zero-order valence-electron chi connectivity index (χ0n) is 8.70. The van der Waals surface area contributed by atoms with Gasteiger partial charge in [0.15, 0.2) is 0 Å². The summed E-state index contributed by atoms with van der Waals surface area (Å²) in [5.41, 5.74) is 0. The van der Waals surface area contributed by atoms with Crippen molar-refractivity contribution in [2.45, 2.75) is 12.8 Å². The SMILES string of the molecule is CNc1cc(N(C)CC2CC2)ncn1. The summed E-state index contributed by atoms with van der Waals surface area (Å²) in [7, 11) is 3.95. The minimum Gasteiger partial charge on any atom is -0.373 e. The lowest BCUT2D eigenvalue weighted by Crippen LogP contribution is -2.21. The molecule has 2 rings (SSSR count). The summed E-state index contributed by atoms with van der Waals surface area (Å²) in [6.45, 7) is 1.11. The van der Waals surface area contributed by atoms with E-state index < -0.39 is 0 Å². The first-order chi connectivity index (χ1) is 6.79. The summed E-state index contributed by atoms with van der Waals surface area (Å²) < 4.78 is 0. The van der Waals surface area contributed by atoms with E-state index in [1.54, 1.807) is 6.33 Å². The number of hydrogen-bond acceptors (Lipinski definition) is 4. The molecule has 1 aliphatic rings. The van der Waals surface area contributed by atoms with Gasteiger partial charge in [-0.05, 0) is 18.8 Å². The number of nitrogens with one attached hydrogen (secondary N) is 1. The van der Waals surface area contributed by atoms with E-state index in [0.717, 1.165) is 24.1 Å². The maximum atomic E-state index is 4.24. The van der Waals surface area contributed by atoms with Crippen molar-refractivity contribution >= 4 is 11.6 Å². The molecule has 1 aromatic rings. The van der Waals surface area contributed by atoms with Gasteiger partial charge in [0.1, 0.15) is 18.0 Å². The molecule has 0 bridgehead atoms. The van der Waals surface area contributed by atoms with E-state index >= 15 is 0 Å². The maximum Gasteiger partial charge on any atom is 0.133 e. The average Bonchev–Trinajstić information content (AvgIpc) is 3.02. The fourth-order valence-corrected chi connectivity index (χ4v) is 1.47. The van der Waals surface area contributed by atoms with Gasteiger partial charge in [-0.1, -0.05) is 0 Å². The molecule has 0 atom stereocenters. The third-order valence-corrected chi connectivity index (χ3v) is 2.53. The lowest BCUT2D eigenvalue weighted by atomic mass is 10.4. The fraction of sp³-hybridized carbons (Fsp3) is 0.600. The van der Waals surface area contributed by atoms with Crippen LogP contribution in [-0.4, -0.2) is 30.6 Å². The zero-order chi connectivity index (χ0) is 9.97. The van der Waals surface area contributed by atoms with Crippen molar-refractivity contribution in [3.63, 3.8) is 0 Å². The van der Waals surface area contributed by atoms with Crippen LogP contribution in [0.25, 0.3) is 0 Å². The van der Waals surface area contributed by atoms with Crippen molar-refractivity contribution in [2.24, 2.45) is 5.92 Å². The van der Waals surface area contributed by atoms with Crippen molar-refractivity contribution in [3.8, 4) is 0 Å². The molecule has 1 heterocycles. The summed E-state index contributed by atoms with van der Waals surface area (Å²) in [6.07, 6.45) is 4.34. The predicted octanol–water partition coefficient (Wildman–Crippen LogP) is 1.36. The second kappa shape index (κ2) is 3.82. The third-order valence-electron chi connectivity index (χ3n) is 2.53. The van der Waals surface area contributed by atoms with Gasteiger partial charge in [-0.15, -0.1) is 0 Å². The molecule has 0 unspecified atom stereocenters. The van der Waals surface area contributed by atoms with Crippen molar-refractivity contribution in [2.75, 3.05) is 30.9 Å². The molecule has 14 heavy (non-hydrogen) atoms. The molecule has 1 aliphatic carbocycles. The summed E-state index contributed by atoms with van der Waals surface area (Å²) in [5, 5.41) is 3.01. The standard InChI is InChI=1S/C10H16N4/c1-11-9-5-10(13-7-12-9)14(2)6-8-3-4-8/h5,7-8H,3-4,6H2,1-2H3,(H,11,12,13). The summed E-state index contributed by atoms with van der Waals surface area (Å²) in [4.78, 5) is 10.5. The van der Waals surface area contributed by atoms with Crippen LogP contribution in [0.4, 0.5) is 11.6 Å². The molecule has 0 saturated heterocycles. The zero-order valence-corrected chi connectivity index (χ0v) is 8.70. The highest BCUT2D eigenvalue weighted by atomic mass is 15.2. The van der Waals surface area contributed by atoms with E-state index in [4.69, 9.17) is 0 Å². The highest BCUT2D eigenvalue weighted by Crippen LogP contribution is 2.30. The van der Waals surface area contributed by atoms with E-state index in [0.29, 0.717) is 0 Å². The van der Waals surface area contributed by atoms with E-state index in [-0.39, 0.29) is 0 Å². The molecule has 1 fully saturated rings. The van der Waals surface area contributed by atoms with E-state index in [2.05, 4.69) is 27.2 Å². The molecule has 4 heteroatoms. The molecular formula is C10H16N4. The van der Waals surface area contributed by atoms with E-state index in [9.17, 15) is 0 Å². The first-order valence-corrected chi connectivity index (χ1v) is 5.00. The Morgan fingerprint density at radius 3 is 2.93 bits per heavy atom. The van der Waals surface area contributed by atoms with E-state index in [1.807, 2.05) is 13.1 Å². The Kier molecular flexibility index (Phi) is 2.52. The van der Waals surface area contributed by atoms with Gasteiger partial charge in [0, 0.05) is 26.7 Å². The lowest BCUT2D eigenvalue weighted by Gasteiger charge is -2.17. The molecule has 1 N–H and O–H groups in total. The lowest BCUT2D eigenvalue weighted by molar-refractivity contribution is 0.775. The maximum absolute atomic E-state index is 4.24. The first-order valence-electron chi connectivity index (χ1n) is 5.00. The molecule has 0 aromatic carbocycles. The Morgan fingerprint density at radius 1 is 1.50 bits per heavy atom. The summed E-state index contributed by atoms with van der Waals surface area (Å²) in [5.74, 6) is 2.75. The minimum absolute atomic E-state index is 0.873. The Labute approximate surface area is 84.4 Å². The van der Waals surface area contributed by atoms with Crippen LogP contribution in [0, 0.1) is 5.92 Å². The Balaban J connectivity index is 2.05. The third kappa shape index (κ3) is 2.13. The molecule has 4 nitrogen and oxygen atoms in total. The van der Waals surface area contributed by atoms with E-state index in [1.165, 1.54) is 12.8 Å². The van der Waals surface area contributed by atoms with Crippen molar-refractivity contribution in [1.29, 1.82) is 0 Å². The molecule has 0 radical (unpaired) electrons. The molecule has 1 saturated carbocycles. The van der Waals surface area contributed by atoms with Crippen LogP contribution in [-0.2, 0) is 0 Å².